The second kappa shape index (κ2) is 4.70. The molecule has 2 N–H and O–H groups in total. The van der Waals surface area contributed by atoms with Crippen LogP contribution in [0.1, 0.15) is 24.3 Å². The highest BCUT2D eigenvalue weighted by atomic mass is 32.1. The Morgan fingerprint density at radius 2 is 2.00 bits per heavy atom. The minimum absolute atomic E-state index is 0.661. The van der Waals surface area contributed by atoms with Crippen molar-refractivity contribution in [2.24, 2.45) is 5.73 Å². The summed E-state index contributed by atoms with van der Waals surface area (Å²) in [4.78, 5) is 2.33. The molecule has 1 saturated heterocycles. The molecule has 1 aliphatic rings. The van der Waals surface area contributed by atoms with Gasteiger partial charge in [0.25, 0.3) is 0 Å². The molecular weight excluding hydrogens is 196 g/mol. The Balaban J connectivity index is 2.00. The van der Waals surface area contributed by atoms with Crippen molar-refractivity contribution in [3.63, 3.8) is 0 Å². The molecule has 5 heteroatoms. The Labute approximate surface area is 88.1 Å². The highest BCUT2D eigenvalue weighted by Crippen LogP contribution is 2.23. The molecule has 0 aliphatic carbocycles. The van der Waals surface area contributed by atoms with Crippen LogP contribution in [0.3, 0.4) is 0 Å². The van der Waals surface area contributed by atoms with Gasteiger partial charge in [0, 0.05) is 19.5 Å². The minimum atomic E-state index is 0.661. The van der Waals surface area contributed by atoms with Gasteiger partial charge < -0.3 is 10.6 Å². The lowest BCUT2D eigenvalue weighted by atomic mass is 10.1. The van der Waals surface area contributed by atoms with Crippen LogP contribution in [0.2, 0.25) is 0 Å². The van der Waals surface area contributed by atoms with Crippen LogP contribution < -0.4 is 10.6 Å². The van der Waals surface area contributed by atoms with Crippen LogP contribution in [-0.4, -0.2) is 29.8 Å². The lowest BCUT2D eigenvalue weighted by Gasteiger charge is -2.25. The summed E-state index contributed by atoms with van der Waals surface area (Å²) in [5.74, 6) is 0. The van der Waals surface area contributed by atoms with E-state index in [1.165, 1.54) is 19.3 Å². The Morgan fingerprint density at radius 1 is 1.21 bits per heavy atom. The number of hydrogen-bond donors (Lipinski definition) is 1. The second-order valence-corrected chi connectivity index (χ2v) is 4.61. The molecule has 0 unspecified atom stereocenters. The summed E-state index contributed by atoms with van der Waals surface area (Å²) >= 11 is 1.69. The lowest BCUT2D eigenvalue weighted by Crippen LogP contribution is -2.29. The van der Waals surface area contributed by atoms with Crippen molar-refractivity contribution < 1.29 is 0 Å². The normalized spacial score (nSPS) is 17.4. The van der Waals surface area contributed by atoms with Crippen molar-refractivity contribution >= 4 is 16.5 Å². The largest absolute Gasteiger partial charge is 0.347 e. The van der Waals surface area contributed by atoms with E-state index in [-0.39, 0.29) is 0 Å². The topological polar surface area (TPSA) is 55.0 Å². The van der Waals surface area contributed by atoms with Gasteiger partial charge in [-0.05, 0) is 25.8 Å². The zero-order chi connectivity index (χ0) is 9.80. The van der Waals surface area contributed by atoms with E-state index >= 15 is 0 Å². The summed E-state index contributed by atoms with van der Waals surface area (Å²) in [6, 6.07) is 0. The molecule has 0 saturated carbocycles. The minimum Gasteiger partial charge on any atom is -0.347 e. The predicted octanol–water partition coefficient (Wildman–Crippen LogP) is 1.03. The Hall–Kier alpha value is -0.680. The van der Waals surface area contributed by atoms with Crippen molar-refractivity contribution in [2.45, 2.75) is 25.7 Å². The Morgan fingerprint density at radius 3 is 2.71 bits per heavy atom. The number of nitrogens with zero attached hydrogens (tertiary/aromatic N) is 3. The van der Waals surface area contributed by atoms with E-state index in [4.69, 9.17) is 5.73 Å². The summed E-state index contributed by atoms with van der Waals surface area (Å²) in [7, 11) is 0. The van der Waals surface area contributed by atoms with E-state index in [0.29, 0.717) is 6.54 Å². The average Bonchev–Trinajstić information content (AvgIpc) is 2.68. The third-order valence-electron chi connectivity index (χ3n) is 2.44. The van der Waals surface area contributed by atoms with Gasteiger partial charge in [0.1, 0.15) is 5.01 Å². The Kier molecular flexibility index (Phi) is 3.31. The number of anilines is 1. The fraction of sp³-hybridized carbons (Fsp3) is 0.778. The molecule has 0 radical (unpaired) electrons. The van der Waals surface area contributed by atoms with Gasteiger partial charge in [0.05, 0.1) is 0 Å². The van der Waals surface area contributed by atoms with Gasteiger partial charge in [-0.15, -0.1) is 10.2 Å². The average molecular weight is 212 g/mol. The van der Waals surface area contributed by atoms with Gasteiger partial charge in [-0.1, -0.05) is 11.3 Å². The zero-order valence-corrected chi connectivity index (χ0v) is 9.09. The molecule has 2 heterocycles. The number of aromatic nitrogens is 2. The number of piperidine rings is 1. The first-order valence-corrected chi connectivity index (χ1v) is 5.99. The lowest BCUT2D eigenvalue weighted by molar-refractivity contribution is 0.575. The van der Waals surface area contributed by atoms with Gasteiger partial charge in [-0.3, -0.25) is 0 Å². The molecule has 1 aromatic rings. The maximum Gasteiger partial charge on any atom is 0.208 e. The standard InChI is InChI=1S/C9H16N4S/c10-5-4-8-11-12-9(14-8)13-6-2-1-3-7-13/h1-7,10H2. The van der Waals surface area contributed by atoms with Crippen molar-refractivity contribution in [1.82, 2.24) is 10.2 Å². The molecule has 0 spiro atoms. The quantitative estimate of drug-likeness (QED) is 0.813. The summed E-state index contributed by atoms with van der Waals surface area (Å²) in [5.41, 5.74) is 5.47. The van der Waals surface area contributed by atoms with Crippen LogP contribution in [0.25, 0.3) is 0 Å². The van der Waals surface area contributed by atoms with Crippen LogP contribution in [0.5, 0.6) is 0 Å². The van der Waals surface area contributed by atoms with Gasteiger partial charge in [0.2, 0.25) is 5.13 Å². The molecule has 0 aromatic carbocycles. The number of nitrogens with two attached hydrogens (primary N) is 1. The van der Waals surface area contributed by atoms with Gasteiger partial charge in [0.15, 0.2) is 0 Å². The monoisotopic (exact) mass is 212 g/mol. The molecule has 0 amide bonds. The maximum atomic E-state index is 5.47. The maximum absolute atomic E-state index is 5.47. The third-order valence-corrected chi connectivity index (χ3v) is 3.48. The van der Waals surface area contributed by atoms with E-state index < -0.39 is 0 Å². The summed E-state index contributed by atoms with van der Waals surface area (Å²) in [5, 5.41) is 10.5. The highest BCUT2D eigenvalue weighted by Gasteiger charge is 2.14. The van der Waals surface area contributed by atoms with E-state index in [0.717, 1.165) is 29.6 Å². The molecule has 1 fully saturated rings. The van der Waals surface area contributed by atoms with Gasteiger partial charge in [-0.25, -0.2) is 0 Å². The fourth-order valence-corrected chi connectivity index (χ4v) is 2.59. The van der Waals surface area contributed by atoms with E-state index in [1.54, 1.807) is 11.3 Å². The molecule has 1 aliphatic heterocycles. The molecule has 78 valence electrons. The summed E-state index contributed by atoms with van der Waals surface area (Å²) in [6.07, 6.45) is 4.77. The molecule has 2 rings (SSSR count). The van der Waals surface area contributed by atoms with E-state index in [1.807, 2.05) is 0 Å². The SMILES string of the molecule is NCCc1nnc(N2CCCCC2)s1. The van der Waals surface area contributed by atoms with Crippen LogP contribution in [-0.2, 0) is 6.42 Å². The van der Waals surface area contributed by atoms with Crippen LogP contribution >= 0.6 is 11.3 Å². The molecule has 0 atom stereocenters. The zero-order valence-electron chi connectivity index (χ0n) is 8.28. The van der Waals surface area contributed by atoms with E-state index in [9.17, 15) is 0 Å². The number of rotatable bonds is 3. The molecule has 1 aromatic heterocycles. The van der Waals surface area contributed by atoms with Crippen molar-refractivity contribution in [2.75, 3.05) is 24.5 Å². The molecular formula is C9H16N4S. The van der Waals surface area contributed by atoms with Gasteiger partial charge in [-0.2, -0.15) is 0 Å². The molecule has 4 nitrogen and oxygen atoms in total. The first kappa shape index (κ1) is 9.86. The first-order valence-electron chi connectivity index (χ1n) is 5.17. The Bertz CT molecular complexity index is 280. The van der Waals surface area contributed by atoms with Crippen LogP contribution in [0, 0.1) is 0 Å². The summed E-state index contributed by atoms with van der Waals surface area (Å²) < 4.78 is 0. The van der Waals surface area contributed by atoms with Crippen LogP contribution in [0.15, 0.2) is 0 Å². The highest BCUT2D eigenvalue weighted by molar-refractivity contribution is 7.15. The molecule has 0 bridgehead atoms. The third kappa shape index (κ3) is 2.22. The fourth-order valence-electron chi connectivity index (χ4n) is 1.68. The van der Waals surface area contributed by atoms with Crippen LogP contribution in [0.4, 0.5) is 5.13 Å². The first-order chi connectivity index (χ1) is 6.90. The van der Waals surface area contributed by atoms with Crippen molar-refractivity contribution in [3.8, 4) is 0 Å². The second-order valence-electron chi connectivity index (χ2n) is 3.56. The molecule has 14 heavy (non-hydrogen) atoms. The number of hydrogen-bond acceptors (Lipinski definition) is 5. The predicted molar refractivity (Wildman–Crippen MR) is 58.7 cm³/mol. The van der Waals surface area contributed by atoms with Gasteiger partial charge >= 0.3 is 0 Å². The smallest absolute Gasteiger partial charge is 0.208 e. The van der Waals surface area contributed by atoms with Crippen molar-refractivity contribution in [1.29, 1.82) is 0 Å². The summed E-state index contributed by atoms with van der Waals surface area (Å²) in [6.45, 7) is 2.93. The van der Waals surface area contributed by atoms with Crippen molar-refractivity contribution in [3.05, 3.63) is 5.01 Å². The van der Waals surface area contributed by atoms with E-state index in [2.05, 4.69) is 15.1 Å².